The molecule has 1 aromatic rings. The standard InChI is InChI=1S/C23H35Cl2N3O4/c1-5-32-23(31)21(27-22(30)20(14-16(2)3)26-17(4)29)15-18-6-8-19(9-7-18)28(12-10-24)13-11-25/h6-9,16,20-21H,5,10-15H2,1-4H3,(H,26,29)(H,27,30)/t20-,21+/m0/s1. The third-order valence-electron chi connectivity index (χ3n) is 4.74. The molecule has 2 atom stereocenters. The van der Waals surface area contributed by atoms with E-state index in [-0.39, 0.29) is 24.9 Å². The smallest absolute Gasteiger partial charge is 0.328 e. The van der Waals surface area contributed by atoms with Crippen LogP contribution in [0.3, 0.4) is 0 Å². The first-order valence-electron chi connectivity index (χ1n) is 10.9. The van der Waals surface area contributed by atoms with E-state index in [1.54, 1.807) is 6.92 Å². The maximum absolute atomic E-state index is 12.8. The maximum atomic E-state index is 12.8. The van der Waals surface area contributed by atoms with Gasteiger partial charge in [-0.3, -0.25) is 9.59 Å². The van der Waals surface area contributed by atoms with Gasteiger partial charge in [-0.2, -0.15) is 0 Å². The molecule has 0 aromatic heterocycles. The molecule has 2 amide bonds. The number of carbonyl (C=O) groups is 3. The van der Waals surface area contributed by atoms with E-state index in [4.69, 9.17) is 27.9 Å². The van der Waals surface area contributed by atoms with Gasteiger partial charge in [-0.05, 0) is 37.0 Å². The average molecular weight is 488 g/mol. The molecule has 0 bridgehead atoms. The Morgan fingerprint density at radius 1 is 1.00 bits per heavy atom. The van der Waals surface area contributed by atoms with Crippen LogP contribution in [0.2, 0.25) is 0 Å². The van der Waals surface area contributed by atoms with Crippen LogP contribution in [0.15, 0.2) is 24.3 Å². The number of rotatable bonds is 14. The largest absolute Gasteiger partial charge is 0.464 e. The summed E-state index contributed by atoms with van der Waals surface area (Å²) in [6, 6.07) is 6.12. The van der Waals surface area contributed by atoms with E-state index in [1.165, 1.54) is 6.92 Å². The van der Waals surface area contributed by atoms with Crippen molar-refractivity contribution in [1.82, 2.24) is 10.6 Å². The van der Waals surface area contributed by atoms with E-state index in [9.17, 15) is 14.4 Å². The summed E-state index contributed by atoms with van der Waals surface area (Å²) in [7, 11) is 0. The topological polar surface area (TPSA) is 87.7 Å². The van der Waals surface area contributed by atoms with E-state index in [2.05, 4.69) is 15.5 Å². The highest BCUT2D eigenvalue weighted by molar-refractivity contribution is 6.18. The highest BCUT2D eigenvalue weighted by Crippen LogP contribution is 2.17. The Kier molecular flexibility index (Phi) is 13.1. The first-order chi connectivity index (χ1) is 15.2. The molecule has 7 nitrogen and oxygen atoms in total. The molecule has 0 aliphatic heterocycles. The minimum atomic E-state index is -0.862. The second-order valence-electron chi connectivity index (χ2n) is 7.93. The molecule has 2 N–H and O–H groups in total. The van der Waals surface area contributed by atoms with Crippen molar-refractivity contribution in [2.45, 2.75) is 52.6 Å². The molecule has 0 saturated heterocycles. The van der Waals surface area contributed by atoms with Crippen molar-refractivity contribution >= 4 is 46.7 Å². The van der Waals surface area contributed by atoms with Crippen molar-refractivity contribution < 1.29 is 19.1 Å². The monoisotopic (exact) mass is 487 g/mol. The van der Waals surface area contributed by atoms with Gasteiger partial charge in [0.05, 0.1) is 6.61 Å². The zero-order chi connectivity index (χ0) is 24.1. The molecule has 0 heterocycles. The van der Waals surface area contributed by atoms with Crippen molar-refractivity contribution in [3.05, 3.63) is 29.8 Å². The van der Waals surface area contributed by atoms with Crippen molar-refractivity contribution in [1.29, 1.82) is 0 Å². The summed E-state index contributed by atoms with van der Waals surface area (Å²) in [5, 5.41) is 5.43. The molecule has 1 aromatic carbocycles. The quantitative estimate of drug-likeness (QED) is 0.311. The van der Waals surface area contributed by atoms with Crippen LogP contribution in [-0.4, -0.2) is 61.3 Å². The third kappa shape index (κ3) is 10.1. The molecule has 0 aliphatic rings. The molecule has 32 heavy (non-hydrogen) atoms. The van der Waals surface area contributed by atoms with E-state index < -0.39 is 24.0 Å². The Morgan fingerprint density at radius 2 is 1.59 bits per heavy atom. The number of amides is 2. The number of esters is 1. The predicted octanol–water partition coefficient (Wildman–Crippen LogP) is 3.11. The highest BCUT2D eigenvalue weighted by atomic mass is 35.5. The van der Waals surface area contributed by atoms with Gasteiger partial charge in [0.2, 0.25) is 11.8 Å². The van der Waals surface area contributed by atoms with E-state index in [1.807, 2.05) is 38.1 Å². The Balaban J connectivity index is 2.98. The number of halogens is 2. The summed E-state index contributed by atoms with van der Waals surface area (Å²) in [6.07, 6.45) is 0.733. The lowest BCUT2D eigenvalue weighted by Crippen LogP contribution is -2.52. The van der Waals surface area contributed by atoms with Crippen molar-refractivity contribution in [3.63, 3.8) is 0 Å². The zero-order valence-electron chi connectivity index (χ0n) is 19.3. The van der Waals surface area contributed by atoms with Gasteiger partial charge < -0.3 is 20.3 Å². The van der Waals surface area contributed by atoms with Gasteiger partial charge in [0.1, 0.15) is 12.1 Å². The zero-order valence-corrected chi connectivity index (χ0v) is 20.8. The van der Waals surface area contributed by atoms with Crippen LogP contribution in [0.1, 0.15) is 39.7 Å². The van der Waals surface area contributed by atoms with E-state index in [0.717, 1.165) is 11.3 Å². The molecule has 0 fully saturated rings. The molecular weight excluding hydrogens is 453 g/mol. The number of carbonyl (C=O) groups excluding carboxylic acids is 3. The van der Waals surface area contributed by atoms with Gasteiger partial charge >= 0.3 is 5.97 Å². The Morgan fingerprint density at radius 3 is 2.06 bits per heavy atom. The lowest BCUT2D eigenvalue weighted by molar-refractivity contribution is -0.147. The molecule has 180 valence electrons. The number of anilines is 1. The van der Waals surface area contributed by atoms with Crippen LogP contribution in [0.25, 0.3) is 0 Å². The first-order valence-corrected chi connectivity index (χ1v) is 12.0. The molecule has 0 aliphatic carbocycles. The summed E-state index contributed by atoms with van der Waals surface area (Å²) in [6.45, 7) is 8.56. The summed E-state index contributed by atoms with van der Waals surface area (Å²) in [5.41, 5.74) is 1.85. The number of ether oxygens (including phenoxy) is 1. The fourth-order valence-corrected chi connectivity index (χ4v) is 3.72. The normalized spacial score (nSPS) is 12.7. The molecule has 0 radical (unpaired) electrons. The van der Waals surface area contributed by atoms with Gasteiger partial charge in [0.15, 0.2) is 0 Å². The maximum Gasteiger partial charge on any atom is 0.328 e. The SMILES string of the molecule is CCOC(=O)[C@@H](Cc1ccc(N(CCCl)CCCl)cc1)NC(=O)[C@H](CC(C)C)NC(C)=O. The highest BCUT2D eigenvalue weighted by Gasteiger charge is 2.27. The molecule has 1 rings (SSSR count). The first kappa shape index (κ1) is 28.0. The fraction of sp³-hybridized carbons (Fsp3) is 0.609. The molecule has 0 spiro atoms. The summed E-state index contributed by atoms with van der Waals surface area (Å²) >= 11 is 11.8. The Labute approximate surface area is 201 Å². The van der Waals surface area contributed by atoms with E-state index in [0.29, 0.717) is 31.3 Å². The predicted molar refractivity (Wildman–Crippen MR) is 129 cm³/mol. The van der Waals surface area contributed by atoms with Gasteiger partial charge in [-0.15, -0.1) is 23.2 Å². The minimum Gasteiger partial charge on any atom is -0.464 e. The van der Waals surface area contributed by atoms with Gasteiger partial charge in [0.25, 0.3) is 0 Å². The second-order valence-corrected chi connectivity index (χ2v) is 8.69. The molecule has 0 unspecified atom stereocenters. The lowest BCUT2D eigenvalue weighted by Gasteiger charge is -2.24. The van der Waals surface area contributed by atoms with Crippen molar-refractivity contribution in [2.75, 3.05) is 36.4 Å². The number of alkyl halides is 2. The number of hydrogen-bond acceptors (Lipinski definition) is 5. The number of hydrogen-bond donors (Lipinski definition) is 2. The second kappa shape index (κ2) is 15.0. The molecule has 0 saturated carbocycles. The Hall–Kier alpha value is -1.99. The molecule has 9 heteroatoms. The number of nitrogens with one attached hydrogen (secondary N) is 2. The van der Waals surface area contributed by atoms with E-state index >= 15 is 0 Å². The van der Waals surface area contributed by atoms with Crippen molar-refractivity contribution in [3.8, 4) is 0 Å². The van der Waals surface area contributed by atoms with Gasteiger partial charge in [-0.25, -0.2) is 4.79 Å². The lowest BCUT2D eigenvalue weighted by atomic mass is 10.0. The Bertz CT molecular complexity index is 722. The average Bonchev–Trinajstić information content (AvgIpc) is 2.72. The summed E-state index contributed by atoms with van der Waals surface area (Å²) < 4.78 is 5.17. The van der Waals surface area contributed by atoms with Crippen LogP contribution in [0.5, 0.6) is 0 Å². The van der Waals surface area contributed by atoms with Crippen LogP contribution < -0.4 is 15.5 Å². The molecular formula is C23H35Cl2N3O4. The summed E-state index contributed by atoms with van der Waals surface area (Å²) in [5.74, 6) is -0.0494. The van der Waals surface area contributed by atoms with Crippen molar-refractivity contribution in [2.24, 2.45) is 5.92 Å². The summed E-state index contributed by atoms with van der Waals surface area (Å²) in [4.78, 5) is 39.0. The van der Waals surface area contributed by atoms with Crippen LogP contribution >= 0.6 is 23.2 Å². The van der Waals surface area contributed by atoms with Crippen LogP contribution in [0.4, 0.5) is 5.69 Å². The minimum absolute atomic E-state index is 0.190. The number of benzene rings is 1. The third-order valence-corrected chi connectivity index (χ3v) is 5.08. The van der Waals surface area contributed by atoms with Crippen LogP contribution in [0, 0.1) is 5.92 Å². The van der Waals surface area contributed by atoms with Gasteiger partial charge in [-0.1, -0.05) is 26.0 Å². The van der Waals surface area contributed by atoms with Crippen LogP contribution in [-0.2, 0) is 25.5 Å². The van der Waals surface area contributed by atoms with Gasteiger partial charge in [0, 0.05) is 43.9 Å². The fourth-order valence-electron chi connectivity index (χ4n) is 3.31. The number of nitrogens with zero attached hydrogens (tertiary/aromatic N) is 1.